The maximum Gasteiger partial charge on any atom is 0.307 e. The summed E-state index contributed by atoms with van der Waals surface area (Å²) in [7, 11) is 0. The fourth-order valence-corrected chi connectivity index (χ4v) is 6.61. The van der Waals surface area contributed by atoms with Gasteiger partial charge in [-0.3, -0.25) is 4.79 Å². The Labute approximate surface area is 186 Å². The minimum absolute atomic E-state index is 0.0792. The molecule has 4 bridgehead atoms. The maximum absolute atomic E-state index is 13.7. The van der Waals surface area contributed by atoms with Gasteiger partial charge in [-0.15, -0.1) is 0 Å². The van der Waals surface area contributed by atoms with Crippen LogP contribution >= 0.6 is 0 Å². The molecule has 170 valence electrons. The fraction of sp³-hybridized carbons (Fsp3) is 0.520. The number of hydrogen-bond acceptors (Lipinski definition) is 4. The Hall–Kier alpha value is -2.70. The maximum atomic E-state index is 13.7. The van der Waals surface area contributed by atoms with Gasteiger partial charge in [0.05, 0.1) is 0 Å². The molecule has 1 aromatic carbocycles. The zero-order chi connectivity index (χ0) is 22.3. The second-order valence-electron chi connectivity index (χ2n) is 10.0. The summed E-state index contributed by atoms with van der Waals surface area (Å²) in [4.78, 5) is 12.4. The van der Waals surface area contributed by atoms with Gasteiger partial charge in [-0.05, 0) is 99.3 Å². The molecule has 0 radical (unpaired) electrons. The van der Waals surface area contributed by atoms with Crippen molar-refractivity contribution in [2.24, 2.45) is 28.3 Å². The lowest BCUT2D eigenvalue weighted by atomic mass is 9.48. The minimum atomic E-state index is -0.793. The highest BCUT2D eigenvalue weighted by Crippen LogP contribution is 2.61. The lowest BCUT2D eigenvalue weighted by molar-refractivity contribution is -0.0482. The number of nitrogens with zero attached hydrogens (tertiary/aromatic N) is 1. The Balaban J connectivity index is 1.15. The first kappa shape index (κ1) is 21.2. The summed E-state index contributed by atoms with van der Waals surface area (Å²) in [6, 6.07) is 6.19. The number of nitrogens with one attached hydrogen (secondary N) is 1. The first-order valence-electron chi connectivity index (χ1n) is 11.4. The van der Waals surface area contributed by atoms with Gasteiger partial charge in [-0.2, -0.15) is 5.10 Å². The average molecular weight is 443 g/mol. The molecule has 2 aromatic rings. The van der Waals surface area contributed by atoms with Gasteiger partial charge in [0.2, 0.25) is 0 Å². The minimum Gasteiger partial charge on any atom is -0.483 e. The molecule has 4 fully saturated rings. The van der Waals surface area contributed by atoms with Gasteiger partial charge >= 0.3 is 5.91 Å². The van der Waals surface area contributed by atoms with Crippen LogP contribution in [0, 0.1) is 34.8 Å². The summed E-state index contributed by atoms with van der Waals surface area (Å²) in [5.74, 6) is 1.13. The molecule has 0 spiro atoms. The summed E-state index contributed by atoms with van der Waals surface area (Å²) < 4.78 is 37.4. The van der Waals surface area contributed by atoms with E-state index in [0.29, 0.717) is 11.2 Å². The lowest BCUT2D eigenvalue weighted by Crippen LogP contribution is -2.46. The zero-order valence-electron chi connectivity index (χ0n) is 18.2. The van der Waals surface area contributed by atoms with Crippen molar-refractivity contribution in [1.82, 2.24) is 5.43 Å². The van der Waals surface area contributed by atoms with Crippen LogP contribution in [-0.2, 0) is 6.61 Å². The van der Waals surface area contributed by atoms with Crippen LogP contribution < -0.4 is 10.2 Å². The molecule has 4 aliphatic rings. The molecule has 4 saturated carbocycles. The normalized spacial score (nSPS) is 28.7. The van der Waals surface area contributed by atoms with Crippen LogP contribution in [0.3, 0.4) is 0 Å². The third-order valence-corrected chi connectivity index (χ3v) is 7.29. The summed E-state index contributed by atoms with van der Waals surface area (Å²) >= 11 is 0. The zero-order valence-corrected chi connectivity index (χ0v) is 18.2. The average Bonchev–Trinajstić information content (AvgIpc) is 3.19. The Morgan fingerprint density at radius 2 is 1.81 bits per heavy atom. The first-order valence-corrected chi connectivity index (χ1v) is 11.4. The Kier molecular flexibility index (Phi) is 5.51. The molecule has 1 aromatic heterocycles. The predicted molar refractivity (Wildman–Crippen MR) is 115 cm³/mol. The first-order chi connectivity index (χ1) is 15.4. The number of carbonyl (C=O) groups is 1. The van der Waals surface area contributed by atoms with E-state index in [-0.39, 0.29) is 18.1 Å². The second kappa shape index (κ2) is 8.34. The molecular formula is C25H28F2N2O3. The number of furan rings is 1. The highest BCUT2D eigenvalue weighted by Gasteiger charge is 2.50. The standard InChI is InChI=1S/C25H28F2N2O3/c1-15(10-25-11-16-6-17(12-25)8-18(7-16)13-25)28-29-24(30)23-5-3-20(32-23)14-31-22-4-2-19(26)9-21(22)27/h2-5,9,16-18H,6-8,10-14H2,1H3,(H,29,30). The molecule has 0 aliphatic heterocycles. The number of halogens is 2. The number of benzene rings is 1. The highest BCUT2D eigenvalue weighted by molar-refractivity contribution is 5.93. The molecule has 0 saturated heterocycles. The number of hydrogen-bond donors (Lipinski definition) is 1. The Bertz CT molecular complexity index is 1010. The van der Waals surface area contributed by atoms with Gasteiger partial charge in [-0.25, -0.2) is 14.2 Å². The summed E-state index contributed by atoms with van der Waals surface area (Å²) in [6.45, 7) is 1.90. The van der Waals surface area contributed by atoms with Gasteiger partial charge in [0.1, 0.15) is 18.2 Å². The van der Waals surface area contributed by atoms with Crippen molar-refractivity contribution in [1.29, 1.82) is 0 Å². The van der Waals surface area contributed by atoms with Crippen LogP contribution in [-0.4, -0.2) is 11.6 Å². The molecule has 7 heteroatoms. The molecule has 32 heavy (non-hydrogen) atoms. The van der Waals surface area contributed by atoms with Gasteiger partial charge in [0.15, 0.2) is 17.3 Å². The molecule has 1 heterocycles. The van der Waals surface area contributed by atoms with Gasteiger partial charge in [0.25, 0.3) is 0 Å². The molecule has 0 atom stereocenters. The lowest BCUT2D eigenvalue weighted by Gasteiger charge is -2.57. The smallest absolute Gasteiger partial charge is 0.307 e. The number of rotatable bonds is 7. The van der Waals surface area contributed by atoms with Crippen LogP contribution in [0.25, 0.3) is 0 Å². The predicted octanol–water partition coefficient (Wildman–Crippen LogP) is 5.85. The number of hydrazone groups is 1. The Morgan fingerprint density at radius 3 is 2.47 bits per heavy atom. The Morgan fingerprint density at radius 1 is 1.12 bits per heavy atom. The van der Waals surface area contributed by atoms with Gasteiger partial charge in [-0.1, -0.05) is 0 Å². The van der Waals surface area contributed by atoms with E-state index >= 15 is 0 Å². The van der Waals surface area contributed by atoms with Gasteiger partial charge in [0, 0.05) is 11.8 Å². The van der Waals surface area contributed by atoms with E-state index in [9.17, 15) is 13.6 Å². The van der Waals surface area contributed by atoms with E-state index in [1.807, 2.05) is 6.92 Å². The molecule has 1 amide bonds. The summed E-state index contributed by atoms with van der Waals surface area (Å²) in [6.07, 6.45) is 9.07. The SMILES string of the molecule is CC(CC12CC3CC(CC(C3)C1)C2)=NNC(=O)c1ccc(COc2ccc(F)cc2F)o1. The van der Waals surface area contributed by atoms with Crippen molar-refractivity contribution in [2.45, 2.75) is 58.5 Å². The molecule has 4 aliphatic carbocycles. The number of ether oxygens (including phenoxy) is 1. The van der Waals surface area contributed by atoms with E-state index in [1.54, 1.807) is 6.07 Å². The van der Waals surface area contributed by atoms with Crippen LogP contribution in [0.2, 0.25) is 0 Å². The van der Waals surface area contributed by atoms with Crippen molar-refractivity contribution < 1.29 is 22.7 Å². The van der Waals surface area contributed by atoms with Crippen LogP contribution in [0.1, 0.15) is 68.2 Å². The molecule has 0 unspecified atom stereocenters. The summed E-state index contributed by atoms with van der Waals surface area (Å²) in [5.41, 5.74) is 3.92. The monoisotopic (exact) mass is 442 g/mol. The fourth-order valence-electron chi connectivity index (χ4n) is 6.61. The van der Waals surface area contributed by atoms with E-state index in [0.717, 1.165) is 42.0 Å². The molecule has 1 N–H and O–H groups in total. The van der Waals surface area contributed by atoms with Crippen LogP contribution in [0.4, 0.5) is 8.78 Å². The topological polar surface area (TPSA) is 63.8 Å². The third kappa shape index (κ3) is 4.43. The van der Waals surface area contributed by atoms with E-state index in [1.165, 1.54) is 50.7 Å². The second-order valence-corrected chi connectivity index (χ2v) is 10.0. The highest BCUT2D eigenvalue weighted by atomic mass is 19.1. The summed E-state index contributed by atoms with van der Waals surface area (Å²) in [5, 5.41) is 4.34. The molecule has 5 nitrogen and oxygen atoms in total. The molecule has 6 rings (SSSR count). The van der Waals surface area contributed by atoms with Crippen molar-refractivity contribution in [3.63, 3.8) is 0 Å². The van der Waals surface area contributed by atoms with E-state index < -0.39 is 17.5 Å². The quantitative estimate of drug-likeness (QED) is 0.432. The molecular weight excluding hydrogens is 414 g/mol. The largest absolute Gasteiger partial charge is 0.483 e. The number of amides is 1. The number of carbonyl (C=O) groups excluding carboxylic acids is 1. The van der Waals surface area contributed by atoms with Crippen molar-refractivity contribution in [3.05, 3.63) is 53.5 Å². The third-order valence-electron chi connectivity index (χ3n) is 7.29. The van der Waals surface area contributed by atoms with Crippen LogP contribution in [0.15, 0.2) is 39.9 Å². The van der Waals surface area contributed by atoms with Gasteiger partial charge < -0.3 is 9.15 Å². The van der Waals surface area contributed by atoms with Crippen molar-refractivity contribution in [3.8, 4) is 5.75 Å². The van der Waals surface area contributed by atoms with Crippen molar-refractivity contribution in [2.75, 3.05) is 0 Å². The van der Waals surface area contributed by atoms with E-state index in [2.05, 4.69) is 10.5 Å². The van der Waals surface area contributed by atoms with Crippen LogP contribution in [0.5, 0.6) is 5.75 Å². The van der Waals surface area contributed by atoms with Crippen molar-refractivity contribution >= 4 is 11.6 Å². The van der Waals surface area contributed by atoms with E-state index in [4.69, 9.17) is 9.15 Å².